The number of carbonyl (C=O) groups is 1. The number of hydrogen-bond donors (Lipinski definition) is 5. The van der Waals surface area contributed by atoms with Crippen molar-refractivity contribution in [3.63, 3.8) is 0 Å². The Kier molecular flexibility index (Phi) is 19.6. The minimum Gasteiger partial charge on any atom is -0.508 e. The molecule has 0 radical (unpaired) electrons. The van der Waals surface area contributed by atoms with E-state index in [1.165, 1.54) is 18.7 Å². The standard InChI is InChI=1S/C36H44N2O5.C31H36N2O3/c1-36(2,3)43-35(41)38-24-29-22-37(23-30(29)25-38)19-21-42-32-17-13-28(14-18-32)34(27-11-15-31(40)16-12-27)33(10-7-20-39)26-8-5-4-6-9-26;34-17-4-7-30(23-5-2-1-3-6-23)31(24-8-12-28(35)13-9-24)25-10-14-29(15-11-25)36-18-16-33-21-26-19-32-20-27(26)22-33/h4-6,8-9,11-18,29-30,39-40H,7,10,19-25H2,1-3H3;1-3,5-6,8-15,26-27,32,34-35H,4,7,16-22H2/b34-33-;31-30-/t29-,30+;26-,27+. The first-order valence-electron chi connectivity index (χ1n) is 28.4. The number of likely N-dealkylation sites (tertiary alicyclic amines) is 3. The summed E-state index contributed by atoms with van der Waals surface area (Å²) in [5.41, 5.74) is 10.5. The van der Waals surface area contributed by atoms with Gasteiger partial charge in [0.25, 0.3) is 0 Å². The van der Waals surface area contributed by atoms with Gasteiger partial charge in [0.2, 0.25) is 0 Å². The van der Waals surface area contributed by atoms with Crippen molar-refractivity contribution in [2.45, 2.75) is 52.1 Å². The minimum absolute atomic E-state index is 0.118. The second kappa shape index (κ2) is 27.3. The third kappa shape index (κ3) is 15.5. The van der Waals surface area contributed by atoms with Crippen molar-refractivity contribution in [1.29, 1.82) is 0 Å². The monoisotopic (exact) mass is 1070 g/mol. The number of allylic oxidation sites excluding steroid dienone is 2. The number of ether oxygens (including phenoxy) is 3. The highest BCUT2D eigenvalue weighted by Gasteiger charge is 2.42. The van der Waals surface area contributed by atoms with Crippen LogP contribution in [0.2, 0.25) is 0 Å². The molecule has 12 nitrogen and oxygen atoms in total. The summed E-state index contributed by atoms with van der Waals surface area (Å²) in [5.74, 6) is 4.76. The number of carbonyl (C=O) groups excluding carboxylic acids is 1. The lowest BCUT2D eigenvalue weighted by atomic mass is 9.87. The number of hydrogen-bond acceptors (Lipinski definition) is 11. The topological polar surface area (TPSA) is 147 Å². The van der Waals surface area contributed by atoms with Crippen LogP contribution in [0.3, 0.4) is 0 Å². The van der Waals surface area contributed by atoms with E-state index in [1.807, 2.05) is 111 Å². The first kappa shape index (κ1) is 56.8. The average molecular weight is 1070 g/mol. The van der Waals surface area contributed by atoms with Gasteiger partial charge < -0.3 is 44.9 Å². The summed E-state index contributed by atoms with van der Waals surface area (Å²) in [6, 6.07) is 51.8. The molecule has 4 fully saturated rings. The number of nitrogens with one attached hydrogen (secondary N) is 1. The molecule has 6 aromatic carbocycles. The molecular weight excluding hydrogens is 989 g/mol. The molecule has 0 aromatic heterocycles. The second-order valence-corrected chi connectivity index (χ2v) is 22.5. The number of aliphatic hydroxyl groups is 2. The van der Waals surface area contributed by atoms with Gasteiger partial charge in [-0.25, -0.2) is 4.79 Å². The third-order valence-corrected chi connectivity index (χ3v) is 15.6. The first-order valence-corrected chi connectivity index (χ1v) is 28.4. The quantitative estimate of drug-likeness (QED) is 0.0466. The lowest BCUT2D eigenvalue weighted by molar-refractivity contribution is 0.0273. The molecule has 4 aliphatic heterocycles. The third-order valence-electron chi connectivity index (χ3n) is 15.6. The molecule has 1 amide bonds. The van der Waals surface area contributed by atoms with E-state index in [9.17, 15) is 25.2 Å². The van der Waals surface area contributed by atoms with Gasteiger partial charge in [-0.2, -0.15) is 0 Å². The van der Waals surface area contributed by atoms with E-state index in [-0.39, 0.29) is 30.8 Å². The van der Waals surface area contributed by atoms with E-state index in [4.69, 9.17) is 14.2 Å². The minimum atomic E-state index is -0.468. The molecule has 416 valence electrons. The Morgan fingerprint density at radius 3 is 1.23 bits per heavy atom. The van der Waals surface area contributed by atoms with Crippen LogP contribution in [0.1, 0.15) is 79.8 Å². The van der Waals surface area contributed by atoms with Crippen LogP contribution in [0, 0.1) is 23.7 Å². The summed E-state index contributed by atoms with van der Waals surface area (Å²) in [7, 11) is 0. The number of fused-ring (bicyclic) bond motifs is 2. The zero-order chi connectivity index (χ0) is 55.1. The summed E-state index contributed by atoms with van der Waals surface area (Å²) in [5, 5.41) is 42.5. The Morgan fingerprint density at radius 1 is 0.494 bits per heavy atom. The van der Waals surface area contributed by atoms with Gasteiger partial charge in [0, 0.05) is 65.6 Å². The Labute approximate surface area is 467 Å². The van der Waals surface area contributed by atoms with Gasteiger partial charge in [-0.3, -0.25) is 9.80 Å². The van der Waals surface area contributed by atoms with Gasteiger partial charge in [-0.1, -0.05) is 109 Å². The Morgan fingerprint density at radius 2 is 0.861 bits per heavy atom. The number of phenols is 2. The Hall–Kier alpha value is -6.93. The maximum absolute atomic E-state index is 12.5. The zero-order valence-corrected chi connectivity index (χ0v) is 46.3. The van der Waals surface area contributed by atoms with Gasteiger partial charge in [-0.15, -0.1) is 0 Å². The highest BCUT2D eigenvalue weighted by molar-refractivity contribution is 5.99. The molecule has 4 saturated heterocycles. The molecule has 0 saturated carbocycles. The molecule has 6 aromatic rings. The molecule has 0 spiro atoms. The fourth-order valence-corrected chi connectivity index (χ4v) is 11.8. The van der Waals surface area contributed by atoms with Gasteiger partial charge in [0.1, 0.15) is 41.8 Å². The van der Waals surface area contributed by atoms with Gasteiger partial charge in [0.15, 0.2) is 0 Å². The number of amides is 1. The number of aromatic hydroxyl groups is 2. The maximum atomic E-state index is 12.5. The maximum Gasteiger partial charge on any atom is 0.410 e. The molecule has 0 unspecified atom stereocenters. The SMILES string of the molecule is CC(C)(C)OC(=O)N1C[C@H]2CN(CCOc3ccc(/C(=C(/CCCO)c4ccccc4)c4ccc(O)cc4)cc3)C[C@H]2C1.OCCC/C(=C(\c1ccc(O)cc1)c1ccc(OCCN2C[C@H]3CNC[C@H]3C2)cc1)c1ccccc1. The fraction of sp³-hybridized carbons (Fsp3) is 0.388. The first-order chi connectivity index (χ1) is 38.4. The Bertz CT molecular complexity index is 2900. The highest BCUT2D eigenvalue weighted by atomic mass is 16.6. The van der Waals surface area contributed by atoms with E-state index in [1.54, 1.807) is 24.3 Å². The highest BCUT2D eigenvalue weighted by Crippen LogP contribution is 2.39. The smallest absolute Gasteiger partial charge is 0.410 e. The van der Waals surface area contributed by atoms with Crippen LogP contribution in [0.15, 0.2) is 158 Å². The van der Waals surface area contributed by atoms with Crippen LogP contribution in [0.5, 0.6) is 23.0 Å². The van der Waals surface area contributed by atoms with E-state index >= 15 is 0 Å². The molecule has 12 heteroatoms. The number of phenolic OH excluding ortho intramolecular Hbond substituents is 2. The van der Waals surface area contributed by atoms with E-state index in [2.05, 4.69) is 63.6 Å². The van der Waals surface area contributed by atoms with Crippen molar-refractivity contribution in [1.82, 2.24) is 20.0 Å². The normalized spacial score (nSPS) is 19.7. The molecule has 0 bridgehead atoms. The summed E-state index contributed by atoms with van der Waals surface area (Å²) >= 11 is 0. The molecule has 4 aliphatic rings. The molecule has 4 heterocycles. The summed E-state index contributed by atoms with van der Waals surface area (Å²) in [4.78, 5) is 19.3. The largest absolute Gasteiger partial charge is 0.508 e. The van der Waals surface area contributed by atoms with Crippen LogP contribution in [-0.4, -0.2) is 139 Å². The van der Waals surface area contributed by atoms with Gasteiger partial charge >= 0.3 is 6.09 Å². The Balaban J connectivity index is 0.000000195. The van der Waals surface area contributed by atoms with Crippen LogP contribution in [-0.2, 0) is 4.74 Å². The molecule has 5 N–H and O–H groups in total. The van der Waals surface area contributed by atoms with E-state index in [0.717, 1.165) is 139 Å². The summed E-state index contributed by atoms with van der Waals surface area (Å²) in [6.45, 7) is 17.2. The van der Waals surface area contributed by atoms with Gasteiger partial charge in [0.05, 0.1) is 0 Å². The summed E-state index contributed by atoms with van der Waals surface area (Å²) < 4.78 is 17.8. The predicted molar refractivity (Wildman–Crippen MR) is 315 cm³/mol. The van der Waals surface area contributed by atoms with Crippen LogP contribution < -0.4 is 14.8 Å². The molecule has 79 heavy (non-hydrogen) atoms. The number of rotatable bonds is 20. The van der Waals surface area contributed by atoms with Gasteiger partial charge in [-0.05, 0) is 187 Å². The molecule has 4 atom stereocenters. The fourth-order valence-electron chi connectivity index (χ4n) is 11.8. The predicted octanol–water partition coefficient (Wildman–Crippen LogP) is 11.0. The number of benzene rings is 6. The molecular formula is C67H80N4O8. The van der Waals surface area contributed by atoms with Crippen molar-refractivity contribution >= 4 is 28.4 Å². The average Bonchev–Trinajstić information content (AvgIpc) is 4.30. The van der Waals surface area contributed by atoms with Crippen LogP contribution in [0.4, 0.5) is 4.79 Å². The van der Waals surface area contributed by atoms with Crippen molar-refractivity contribution in [2.24, 2.45) is 23.7 Å². The number of aliphatic hydroxyl groups excluding tert-OH is 2. The van der Waals surface area contributed by atoms with Crippen LogP contribution >= 0.6 is 0 Å². The van der Waals surface area contributed by atoms with Crippen molar-refractivity contribution < 1.29 is 39.4 Å². The second-order valence-electron chi connectivity index (χ2n) is 22.5. The van der Waals surface area contributed by atoms with E-state index in [0.29, 0.717) is 37.9 Å². The summed E-state index contributed by atoms with van der Waals surface area (Å²) in [6.07, 6.45) is 2.61. The zero-order valence-electron chi connectivity index (χ0n) is 46.3. The lowest BCUT2D eigenvalue weighted by Gasteiger charge is -2.26. The molecule has 0 aliphatic carbocycles. The lowest BCUT2D eigenvalue weighted by Crippen LogP contribution is -2.38. The van der Waals surface area contributed by atoms with E-state index < -0.39 is 5.60 Å². The van der Waals surface area contributed by atoms with Crippen molar-refractivity contribution in [2.75, 3.05) is 91.9 Å². The van der Waals surface area contributed by atoms with Crippen LogP contribution in [0.25, 0.3) is 22.3 Å². The van der Waals surface area contributed by atoms with Crippen molar-refractivity contribution in [3.8, 4) is 23.0 Å². The molecule has 10 rings (SSSR count). The van der Waals surface area contributed by atoms with Crippen molar-refractivity contribution in [3.05, 3.63) is 191 Å². The number of nitrogens with zero attached hydrogens (tertiary/aromatic N) is 3.